The maximum Gasteiger partial charge on any atom is 0.339 e. The van der Waals surface area contributed by atoms with Crippen LogP contribution in [-0.4, -0.2) is 65.9 Å². The summed E-state index contributed by atoms with van der Waals surface area (Å²) in [6.07, 6.45) is 5.12. The summed E-state index contributed by atoms with van der Waals surface area (Å²) in [6, 6.07) is 6.96. The van der Waals surface area contributed by atoms with Crippen molar-refractivity contribution in [1.82, 2.24) is 40.3 Å². The van der Waals surface area contributed by atoms with Crippen molar-refractivity contribution in [3.8, 4) is 5.69 Å². The van der Waals surface area contributed by atoms with Gasteiger partial charge in [0.2, 0.25) is 11.8 Å². The number of aryl methyl sites for hydroxylation is 2. The van der Waals surface area contributed by atoms with Crippen molar-refractivity contribution in [1.29, 1.82) is 0 Å². The van der Waals surface area contributed by atoms with Gasteiger partial charge in [-0.1, -0.05) is 28.7 Å². The summed E-state index contributed by atoms with van der Waals surface area (Å²) in [6.45, 7) is 4.48. The second-order valence-corrected chi connectivity index (χ2v) is 9.73. The molecule has 0 saturated carbocycles. The number of hydrogen-bond acceptors (Lipinski definition) is 9. The van der Waals surface area contributed by atoms with Gasteiger partial charge in [-0.15, -0.1) is 5.10 Å². The molecule has 0 saturated heterocycles. The molecule has 0 unspecified atom stereocenters. The van der Waals surface area contributed by atoms with Crippen LogP contribution in [0.5, 0.6) is 0 Å². The Kier molecular flexibility index (Phi) is 10.1. The lowest BCUT2D eigenvalue weighted by molar-refractivity contribution is -0.123. The topological polar surface area (TPSA) is 159 Å². The van der Waals surface area contributed by atoms with Crippen LogP contribution in [0.2, 0.25) is 0 Å². The van der Waals surface area contributed by atoms with E-state index in [1.54, 1.807) is 16.8 Å². The van der Waals surface area contributed by atoms with Gasteiger partial charge in [0.1, 0.15) is 24.0 Å². The number of pyridine rings is 1. The minimum Gasteiger partial charge on any atom is -0.465 e. The van der Waals surface area contributed by atoms with Gasteiger partial charge in [-0.2, -0.15) is 9.78 Å². The second-order valence-electron chi connectivity index (χ2n) is 8.96. The van der Waals surface area contributed by atoms with Gasteiger partial charge in [-0.05, 0) is 60.2 Å². The molecule has 42 heavy (non-hydrogen) atoms. The molecule has 0 aliphatic heterocycles. The van der Waals surface area contributed by atoms with Crippen LogP contribution in [0.15, 0.2) is 48.9 Å². The number of benzene rings is 1. The molecule has 2 N–H and O–H groups in total. The van der Waals surface area contributed by atoms with Crippen molar-refractivity contribution in [2.24, 2.45) is 0 Å². The number of nitrogens with zero attached hydrogens (tertiary/aromatic N) is 7. The van der Waals surface area contributed by atoms with E-state index in [1.165, 1.54) is 42.5 Å². The van der Waals surface area contributed by atoms with Gasteiger partial charge in [-0.3, -0.25) is 14.3 Å². The lowest BCUT2D eigenvalue weighted by atomic mass is 10.1. The van der Waals surface area contributed by atoms with E-state index in [0.717, 1.165) is 11.8 Å². The monoisotopic (exact) mass is 687 g/mol. The number of anilines is 1. The normalized spacial score (nSPS) is 11.8. The number of rotatable bonds is 11. The van der Waals surface area contributed by atoms with Gasteiger partial charge in [0.25, 0.3) is 0 Å². The van der Waals surface area contributed by atoms with Crippen LogP contribution < -0.4 is 10.6 Å². The Labute approximate surface area is 253 Å². The van der Waals surface area contributed by atoms with Crippen molar-refractivity contribution in [2.45, 2.75) is 37.3 Å². The number of nitrogens with one attached hydrogen (secondary N) is 2. The highest BCUT2D eigenvalue weighted by molar-refractivity contribution is 14.1. The Balaban J connectivity index is 1.58. The Morgan fingerprint density at radius 2 is 2.02 bits per heavy atom. The zero-order valence-corrected chi connectivity index (χ0v) is 25.1. The number of amides is 2. The Morgan fingerprint density at radius 1 is 1.21 bits per heavy atom. The molecule has 0 fully saturated rings. The number of halogens is 2. The molecule has 218 valence electrons. The Bertz CT molecular complexity index is 1600. The number of carbonyl (C=O) groups is 3. The Morgan fingerprint density at radius 3 is 2.64 bits per heavy atom. The smallest absolute Gasteiger partial charge is 0.339 e. The summed E-state index contributed by atoms with van der Waals surface area (Å²) >= 11 is 2.05. The molecule has 0 aliphatic carbocycles. The van der Waals surface area contributed by atoms with Crippen LogP contribution in [0, 0.1) is 12.7 Å². The standard InChI is InChI=1S/C27H27FIN9O4/c1-4-37-16(2)11-19(34-37)12-21(26(40)33-23-9-6-18(14-30-23)27(41)42-3)32-24(39)10-7-20-22(38-15-31-35-36-38)8-5-17(13-29)25(20)28/h5-11,14-15,21H,4,12-13H2,1-3H3,(H,32,39)(H,30,33,40)/b10-7+/t21-/m0/s1. The quantitative estimate of drug-likeness (QED) is 0.105. The molecule has 0 aliphatic rings. The van der Waals surface area contributed by atoms with E-state index < -0.39 is 29.6 Å². The van der Waals surface area contributed by atoms with E-state index in [0.29, 0.717) is 27.9 Å². The third-order valence-electron chi connectivity index (χ3n) is 6.19. The van der Waals surface area contributed by atoms with Crippen molar-refractivity contribution in [2.75, 3.05) is 12.4 Å². The maximum absolute atomic E-state index is 15.3. The first-order valence-corrected chi connectivity index (χ1v) is 14.2. The first-order valence-electron chi connectivity index (χ1n) is 12.7. The number of alkyl halides is 1. The third-order valence-corrected chi connectivity index (χ3v) is 7.01. The predicted octanol–water partition coefficient (Wildman–Crippen LogP) is 2.82. The lowest BCUT2D eigenvalue weighted by Gasteiger charge is -2.17. The average molecular weight is 687 g/mol. The summed E-state index contributed by atoms with van der Waals surface area (Å²) in [7, 11) is 1.25. The first kappa shape index (κ1) is 30.4. The molecule has 3 heterocycles. The number of ether oxygens (including phenoxy) is 1. The zero-order chi connectivity index (χ0) is 30.2. The van der Waals surface area contributed by atoms with Gasteiger partial charge in [0.05, 0.1) is 24.1 Å². The molecule has 2 amide bonds. The maximum atomic E-state index is 15.3. The van der Waals surface area contributed by atoms with E-state index in [2.05, 4.69) is 41.0 Å². The number of hydrogen-bond donors (Lipinski definition) is 2. The summed E-state index contributed by atoms with van der Waals surface area (Å²) < 4.78 is 23.4. The minimum atomic E-state index is -1.06. The highest BCUT2D eigenvalue weighted by Gasteiger charge is 2.23. The van der Waals surface area contributed by atoms with Crippen molar-refractivity contribution in [3.63, 3.8) is 0 Å². The van der Waals surface area contributed by atoms with Crippen LogP contribution >= 0.6 is 22.6 Å². The lowest BCUT2D eigenvalue weighted by Crippen LogP contribution is -2.45. The summed E-state index contributed by atoms with van der Waals surface area (Å²) in [4.78, 5) is 42.2. The number of methoxy groups -OCH3 is 1. The molecule has 0 radical (unpaired) electrons. The molecule has 0 spiro atoms. The second kappa shape index (κ2) is 13.9. The van der Waals surface area contributed by atoms with Crippen LogP contribution in [0.1, 0.15) is 39.8 Å². The van der Waals surface area contributed by atoms with E-state index >= 15 is 4.39 Å². The highest BCUT2D eigenvalue weighted by atomic mass is 127. The van der Waals surface area contributed by atoms with Gasteiger partial charge in [-0.25, -0.2) is 14.2 Å². The van der Waals surface area contributed by atoms with Crippen LogP contribution in [-0.2, 0) is 31.7 Å². The fourth-order valence-electron chi connectivity index (χ4n) is 4.08. The van der Waals surface area contributed by atoms with Crippen LogP contribution in [0.3, 0.4) is 0 Å². The molecule has 0 bridgehead atoms. The number of carbonyl (C=O) groups excluding carboxylic acids is 3. The molecule has 4 aromatic rings. The van der Waals surface area contributed by atoms with Gasteiger partial charge in [0, 0.05) is 40.9 Å². The summed E-state index contributed by atoms with van der Waals surface area (Å²) in [5, 5.41) is 20.9. The van der Waals surface area contributed by atoms with Crippen molar-refractivity contribution < 1.29 is 23.5 Å². The molecule has 13 nitrogen and oxygen atoms in total. The number of esters is 1. The molecule has 3 aromatic heterocycles. The highest BCUT2D eigenvalue weighted by Crippen LogP contribution is 2.24. The van der Waals surface area contributed by atoms with Crippen LogP contribution in [0.4, 0.5) is 10.2 Å². The fraction of sp³-hybridized carbons (Fsp3) is 0.259. The van der Waals surface area contributed by atoms with E-state index in [4.69, 9.17) is 0 Å². The van der Waals surface area contributed by atoms with Gasteiger partial charge in [0.15, 0.2) is 0 Å². The fourth-order valence-corrected chi connectivity index (χ4v) is 4.67. The van der Waals surface area contributed by atoms with Crippen molar-refractivity contribution >= 4 is 52.3 Å². The summed E-state index contributed by atoms with van der Waals surface area (Å²) in [5.74, 6) is -2.12. The number of tetrazole rings is 1. The minimum absolute atomic E-state index is 0.0774. The molecular weight excluding hydrogens is 660 g/mol. The van der Waals surface area contributed by atoms with Crippen LogP contribution in [0.25, 0.3) is 11.8 Å². The molecule has 4 rings (SSSR count). The first-order chi connectivity index (χ1) is 20.2. The van der Waals surface area contributed by atoms with Gasteiger partial charge < -0.3 is 15.4 Å². The number of aromatic nitrogens is 7. The largest absolute Gasteiger partial charge is 0.465 e. The third kappa shape index (κ3) is 7.20. The molecule has 1 aromatic carbocycles. The zero-order valence-electron chi connectivity index (χ0n) is 22.9. The molecule has 15 heteroatoms. The molecule has 1 atom stereocenters. The SMILES string of the molecule is CCn1nc(C[C@H](NC(=O)/C=C/c2c(-n3cnnn3)ccc(CI)c2F)C(=O)Nc2ccc(C(=O)OC)cn2)cc1C. The predicted molar refractivity (Wildman–Crippen MR) is 158 cm³/mol. The molecular formula is C27H27FIN9O4. The van der Waals surface area contributed by atoms with E-state index in [1.807, 2.05) is 42.5 Å². The average Bonchev–Trinajstić information content (AvgIpc) is 3.65. The van der Waals surface area contributed by atoms with E-state index in [9.17, 15) is 14.4 Å². The van der Waals surface area contributed by atoms with Gasteiger partial charge >= 0.3 is 5.97 Å². The summed E-state index contributed by atoms with van der Waals surface area (Å²) in [5.41, 5.74) is 2.60. The van der Waals surface area contributed by atoms with Crippen molar-refractivity contribution in [3.05, 3.63) is 82.8 Å². The Hall–Kier alpha value is -4.54. The van der Waals surface area contributed by atoms with E-state index in [-0.39, 0.29) is 23.4 Å².